The van der Waals surface area contributed by atoms with Gasteiger partial charge in [-0.15, -0.1) is 0 Å². The molecule has 13 heteroatoms. The lowest BCUT2D eigenvalue weighted by molar-refractivity contribution is -0.139. The van der Waals surface area contributed by atoms with Crippen molar-refractivity contribution in [2.45, 2.75) is 32.2 Å². The summed E-state index contributed by atoms with van der Waals surface area (Å²) in [6, 6.07) is 2.69. The SMILES string of the molecule is COCCOc1cc2c(N[C@H](C)c3cc(C(F)(F)F)cc(N)n3)nc(C)nc2cc1C(F)(F)F. The first-order chi connectivity index (χ1) is 15.8. The summed E-state index contributed by atoms with van der Waals surface area (Å²) >= 11 is 0. The lowest BCUT2D eigenvalue weighted by Crippen LogP contribution is -2.15. The number of pyridine rings is 1. The molecule has 0 amide bonds. The van der Waals surface area contributed by atoms with Crippen LogP contribution in [-0.2, 0) is 17.1 Å². The van der Waals surface area contributed by atoms with Gasteiger partial charge in [-0.1, -0.05) is 0 Å². The molecule has 0 spiro atoms. The Morgan fingerprint density at radius 2 is 1.68 bits per heavy atom. The predicted molar refractivity (Wildman–Crippen MR) is 112 cm³/mol. The fourth-order valence-corrected chi connectivity index (χ4v) is 3.20. The Kier molecular flexibility index (Phi) is 7.05. The minimum atomic E-state index is -4.71. The van der Waals surface area contributed by atoms with Crippen molar-refractivity contribution in [2.24, 2.45) is 0 Å². The molecule has 0 bridgehead atoms. The second kappa shape index (κ2) is 9.49. The summed E-state index contributed by atoms with van der Waals surface area (Å²) in [5.74, 6) is -0.537. The van der Waals surface area contributed by atoms with Gasteiger partial charge in [-0.2, -0.15) is 26.3 Å². The molecule has 3 rings (SSSR count). The summed E-state index contributed by atoms with van der Waals surface area (Å²) in [7, 11) is 1.38. The molecule has 3 N–H and O–H groups in total. The molecule has 0 aliphatic rings. The predicted octanol–water partition coefficient (Wildman–Crippen LogP) is 5.15. The smallest absolute Gasteiger partial charge is 0.420 e. The maximum Gasteiger partial charge on any atom is 0.420 e. The van der Waals surface area contributed by atoms with Gasteiger partial charge in [0.25, 0.3) is 0 Å². The van der Waals surface area contributed by atoms with E-state index in [1.54, 1.807) is 0 Å². The van der Waals surface area contributed by atoms with Crippen molar-refractivity contribution in [2.75, 3.05) is 31.4 Å². The number of fused-ring (bicyclic) bond motifs is 1. The lowest BCUT2D eigenvalue weighted by Gasteiger charge is -2.19. The number of aromatic nitrogens is 3. The van der Waals surface area contributed by atoms with Crippen LogP contribution in [0, 0.1) is 6.92 Å². The number of nitrogens with two attached hydrogens (primary N) is 1. The van der Waals surface area contributed by atoms with Crippen LogP contribution < -0.4 is 15.8 Å². The van der Waals surface area contributed by atoms with Crippen LogP contribution >= 0.6 is 0 Å². The molecule has 0 saturated carbocycles. The standard InChI is InChI=1S/C21H21F6N5O2/c1-10(15-6-12(20(22,23)24)7-18(28)32-15)29-19-13-8-17(34-5-4-33-3)14(21(25,26)27)9-16(13)30-11(2)31-19/h6-10H,4-5H2,1-3H3,(H2,28,32)(H,29,30,31)/t10-/m1/s1. The number of anilines is 2. The molecule has 3 aromatic rings. The fraction of sp³-hybridized carbons (Fsp3) is 0.381. The number of hydrogen-bond donors (Lipinski definition) is 2. The van der Waals surface area contributed by atoms with Gasteiger partial charge in [0.15, 0.2) is 0 Å². The zero-order valence-corrected chi connectivity index (χ0v) is 18.3. The molecule has 1 aromatic carbocycles. The second-order valence-corrected chi connectivity index (χ2v) is 7.39. The highest BCUT2D eigenvalue weighted by atomic mass is 19.4. The zero-order chi connectivity index (χ0) is 25.3. The molecule has 2 aromatic heterocycles. The molecule has 0 fully saturated rings. The first-order valence-electron chi connectivity index (χ1n) is 9.92. The van der Waals surface area contributed by atoms with Crippen LogP contribution in [0.15, 0.2) is 24.3 Å². The van der Waals surface area contributed by atoms with Crippen molar-refractivity contribution >= 4 is 22.5 Å². The number of benzene rings is 1. The van der Waals surface area contributed by atoms with E-state index in [1.807, 2.05) is 0 Å². The van der Waals surface area contributed by atoms with E-state index in [1.165, 1.54) is 21.0 Å². The zero-order valence-electron chi connectivity index (χ0n) is 18.3. The molecular weight excluding hydrogens is 468 g/mol. The number of hydrogen-bond acceptors (Lipinski definition) is 7. The van der Waals surface area contributed by atoms with Gasteiger partial charge in [-0.05, 0) is 38.1 Å². The van der Waals surface area contributed by atoms with E-state index >= 15 is 0 Å². The monoisotopic (exact) mass is 489 g/mol. The molecule has 34 heavy (non-hydrogen) atoms. The number of ether oxygens (including phenoxy) is 2. The number of aryl methyl sites for hydroxylation is 1. The Labute approximate surface area is 190 Å². The van der Waals surface area contributed by atoms with Gasteiger partial charge >= 0.3 is 12.4 Å². The maximum atomic E-state index is 13.6. The van der Waals surface area contributed by atoms with E-state index in [9.17, 15) is 26.3 Å². The number of methoxy groups -OCH3 is 1. The van der Waals surface area contributed by atoms with Crippen LogP contribution in [-0.4, -0.2) is 35.3 Å². The first-order valence-corrected chi connectivity index (χ1v) is 9.92. The Bertz CT molecular complexity index is 1180. The van der Waals surface area contributed by atoms with Crippen molar-refractivity contribution in [3.8, 4) is 5.75 Å². The quantitative estimate of drug-likeness (QED) is 0.350. The van der Waals surface area contributed by atoms with Crippen molar-refractivity contribution in [3.05, 3.63) is 46.9 Å². The summed E-state index contributed by atoms with van der Waals surface area (Å²) in [6.07, 6.45) is -9.35. The lowest BCUT2D eigenvalue weighted by atomic mass is 10.1. The van der Waals surface area contributed by atoms with Crippen LogP contribution in [0.2, 0.25) is 0 Å². The third kappa shape index (κ3) is 5.76. The van der Waals surface area contributed by atoms with Crippen LogP contribution in [0.5, 0.6) is 5.75 Å². The molecule has 0 saturated heterocycles. The number of nitrogens with zero attached hydrogens (tertiary/aromatic N) is 3. The minimum Gasteiger partial charge on any atom is -0.491 e. The number of rotatable bonds is 7. The average molecular weight is 489 g/mol. The normalized spacial score (nSPS) is 13.2. The summed E-state index contributed by atoms with van der Waals surface area (Å²) in [5, 5.41) is 3.08. The maximum absolute atomic E-state index is 13.6. The molecular formula is C21H21F6N5O2. The molecule has 2 heterocycles. The second-order valence-electron chi connectivity index (χ2n) is 7.39. The van der Waals surface area contributed by atoms with Gasteiger partial charge in [0, 0.05) is 12.5 Å². The topological polar surface area (TPSA) is 95.2 Å². The average Bonchev–Trinajstić information content (AvgIpc) is 2.72. The highest BCUT2D eigenvalue weighted by Crippen LogP contribution is 2.40. The number of alkyl halides is 6. The molecule has 0 aliphatic carbocycles. The van der Waals surface area contributed by atoms with Crippen molar-refractivity contribution in [1.82, 2.24) is 15.0 Å². The number of halogens is 6. The third-order valence-electron chi connectivity index (χ3n) is 4.75. The molecule has 0 aliphatic heterocycles. The van der Waals surface area contributed by atoms with Crippen molar-refractivity contribution in [3.63, 3.8) is 0 Å². The minimum absolute atomic E-state index is 0.0230. The molecule has 7 nitrogen and oxygen atoms in total. The van der Waals surface area contributed by atoms with Crippen LogP contribution in [0.1, 0.15) is 35.6 Å². The molecule has 184 valence electrons. The van der Waals surface area contributed by atoms with Gasteiger partial charge in [0.05, 0.1) is 35.0 Å². The van der Waals surface area contributed by atoms with Crippen LogP contribution in [0.25, 0.3) is 10.9 Å². The Balaban J connectivity index is 2.07. The third-order valence-corrected chi connectivity index (χ3v) is 4.75. The molecule has 0 radical (unpaired) electrons. The number of nitrogen functional groups attached to an aromatic ring is 1. The first kappa shape index (κ1) is 25.3. The summed E-state index contributed by atoms with van der Waals surface area (Å²) in [6.45, 7) is 2.92. The van der Waals surface area contributed by atoms with Crippen LogP contribution in [0.3, 0.4) is 0 Å². The Morgan fingerprint density at radius 1 is 0.971 bits per heavy atom. The van der Waals surface area contributed by atoms with E-state index in [-0.39, 0.29) is 47.3 Å². The van der Waals surface area contributed by atoms with Crippen molar-refractivity contribution in [1.29, 1.82) is 0 Å². The van der Waals surface area contributed by atoms with E-state index in [0.717, 1.165) is 18.2 Å². The van der Waals surface area contributed by atoms with Gasteiger partial charge in [-0.3, -0.25) is 0 Å². The van der Waals surface area contributed by atoms with Crippen molar-refractivity contribution < 1.29 is 35.8 Å². The highest BCUT2D eigenvalue weighted by Gasteiger charge is 2.36. The molecule has 1 atom stereocenters. The van der Waals surface area contributed by atoms with Gasteiger partial charge in [0.2, 0.25) is 0 Å². The van der Waals surface area contributed by atoms with Gasteiger partial charge in [-0.25, -0.2) is 15.0 Å². The van der Waals surface area contributed by atoms with E-state index in [2.05, 4.69) is 20.3 Å². The summed E-state index contributed by atoms with van der Waals surface area (Å²) < 4.78 is 90.4. The van der Waals surface area contributed by atoms with Gasteiger partial charge < -0.3 is 20.5 Å². The highest BCUT2D eigenvalue weighted by molar-refractivity contribution is 5.91. The summed E-state index contributed by atoms with van der Waals surface area (Å²) in [5.41, 5.74) is 3.49. The fourth-order valence-electron chi connectivity index (χ4n) is 3.20. The Hall–Kier alpha value is -3.35. The van der Waals surface area contributed by atoms with Gasteiger partial charge in [0.1, 0.15) is 29.8 Å². The van der Waals surface area contributed by atoms with E-state index in [4.69, 9.17) is 15.2 Å². The number of nitrogens with one attached hydrogen (secondary N) is 1. The van der Waals surface area contributed by atoms with Crippen LogP contribution in [0.4, 0.5) is 38.0 Å². The van der Waals surface area contributed by atoms with E-state index in [0.29, 0.717) is 6.07 Å². The summed E-state index contributed by atoms with van der Waals surface area (Å²) in [4.78, 5) is 12.2. The van der Waals surface area contributed by atoms with E-state index < -0.39 is 35.3 Å². The molecule has 0 unspecified atom stereocenters. The largest absolute Gasteiger partial charge is 0.491 e. The Morgan fingerprint density at radius 3 is 2.29 bits per heavy atom.